The molecular formula is C24H23FN2O5. The van der Waals surface area contributed by atoms with Crippen molar-refractivity contribution in [2.24, 2.45) is 0 Å². The highest BCUT2D eigenvalue weighted by atomic mass is 19.1. The van der Waals surface area contributed by atoms with Crippen LogP contribution in [0.2, 0.25) is 0 Å². The van der Waals surface area contributed by atoms with Crippen LogP contribution in [0, 0.1) is 5.82 Å². The molecule has 8 heteroatoms. The molecule has 166 valence electrons. The SMILES string of the molecule is COCCOc1cc(NC(=O)/C=C/c2ccc(Oc3cccnc3)c(F)c2)ccc1OC. The minimum absolute atomic E-state index is 0.0684. The number of carbonyl (C=O) groups is 1. The Morgan fingerprint density at radius 3 is 2.62 bits per heavy atom. The Kier molecular flexibility index (Phi) is 8.16. The van der Waals surface area contributed by atoms with Crippen molar-refractivity contribution < 1.29 is 28.1 Å². The number of halogens is 1. The van der Waals surface area contributed by atoms with Gasteiger partial charge in [-0.1, -0.05) is 6.07 Å². The fraction of sp³-hybridized carbons (Fsp3) is 0.167. The van der Waals surface area contributed by atoms with E-state index in [9.17, 15) is 9.18 Å². The van der Waals surface area contributed by atoms with Crippen molar-refractivity contribution in [3.8, 4) is 23.0 Å². The molecule has 0 aliphatic carbocycles. The number of aromatic nitrogens is 1. The summed E-state index contributed by atoms with van der Waals surface area (Å²) in [6.07, 6.45) is 5.91. The Hall–Kier alpha value is -3.91. The van der Waals surface area contributed by atoms with Gasteiger partial charge >= 0.3 is 0 Å². The smallest absolute Gasteiger partial charge is 0.248 e. The van der Waals surface area contributed by atoms with E-state index in [4.69, 9.17) is 18.9 Å². The second-order valence-corrected chi connectivity index (χ2v) is 6.51. The van der Waals surface area contributed by atoms with Gasteiger partial charge in [-0.25, -0.2) is 4.39 Å². The summed E-state index contributed by atoms with van der Waals surface area (Å²) in [6, 6.07) is 12.8. The van der Waals surface area contributed by atoms with E-state index in [0.717, 1.165) is 0 Å². The van der Waals surface area contributed by atoms with Gasteiger partial charge in [0, 0.05) is 31.1 Å². The van der Waals surface area contributed by atoms with Gasteiger partial charge in [0.1, 0.15) is 12.4 Å². The quantitative estimate of drug-likeness (QED) is 0.365. The van der Waals surface area contributed by atoms with Crippen molar-refractivity contribution in [1.82, 2.24) is 4.98 Å². The number of benzene rings is 2. The van der Waals surface area contributed by atoms with Gasteiger partial charge in [-0.05, 0) is 48.0 Å². The maximum absolute atomic E-state index is 14.3. The lowest BCUT2D eigenvalue weighted by Gasteiger charge is -2.12. The van der Waals surface area contributed by atoms with Gasteiger partial charge in [0.05, 0.1) is 19.9 Å². The van der Waals surface area contributed by atoms with Crippen molar-refractivity contribution in [2.75, 3.05) is 32.8 Å². The van der Waals surface area contributed by atoms with Gasteiger partial charge in [-0.3, -0.25) is 9.78 Å². The molecule has 0 saturated carbocycles. The fourth-order valence-electron chi connectivity index (χ4n) is 2.70. The average molecular weight is 438 g/mol. The summed E-state index contributed by atoms with van der Waals surface area (Å²) in [5, 5.41) is 2.74. The molecule has 7 nitrogen and oxygen atoms in total. The Morgan fingerprint density at radius 1 is 1.06 bits per heavy atom. The van der Waals surface area contributed by atoms with Crippen LogP contribution in [0.4, 0.5) is 10.1 Å². The van der Waals surface area contributed by atoms with Gasteiger partial charge in [-0.2, -0.15) is 0 Å². The van der Waals surface area contributed by atoms with Crippen molar-refractivity contribution >= 4 is 17.7 Å². The number of hydrogen-bond donors (Lipinski definition) is 1. The monoisotopic (exact) mass is 438 g/mol. The number of nitrogens with one attached hydrogen (secondary N) is 1. The summed E-state index contributed by atoms with van der Waals surface area (Å²) in [6.45, 7) is 0.765. The molecule has 0 atom stereocenters. The highest BCUT2D eigenvalue weighted by Gasteiger charge is 2.08. The number of anilines is 1. The zero-order valence-electron chi connectivity index (χ0n) is 17.7. The maximum atomic E-state index is 14.3. The second kappa shape index (κ2) is 11.5. The number of methoxy groups -OCH3 is 2. The summed E-state index contributed by atoms with van der Waals surface area (Å²) in [5.41, 5.74) is 1.04. The van der Waals surface area contributed by atoms with E-state index in [1.54, 1.807) is 49.7 Å². The van der Waals surface area contributed by atoms with Crippen LogP contribution in [-0.2, 0) is 9.53 Å². The van der Waals surface area contributed by atoms with Gasteiger partial charge in [0.2, 0.25) is 5.91 Å². The van der Waals surface area contributed by atoms with Gasteiger partial charge in [-0.15, -0.1) is 0 Å². The van der Waals surface area contributed by atoms with Gasteiger partial charge in [0.25, 0.3) is 0 Å². The molecule has 0 radical (unpaired) electrons. The van der Waals surface area contributed by atoms with E-state index in [1.807, 2.05) is 0 Å². The maximum Gasteiger partial charge on any atom is 0.248 e. The normalized spacial score (nSPS) is 10.7. The third-order valence-corrected chi connectivity index (χ3v) is 4.22. The lowest BCUT2D eigenvalue weighted by molar-refractivity contribution is -0.111. The molecular weight excluding hydrogens is 415 g/mol. The van der Waals surface area contributed by atoms with Crippen molar-refractivity contribution in [3.63, 3.8) is 0 Å². The zero-order valence-corrected chi connectivity index (χ0v) is 17.7. The fourth-order valence-corrected chi connectivity index (χ4v) is 2.70. The van der Waals surface area contributed by atoms with E-state index in [1.165, 1.54) is 37.6 Å². The Labute approximate surface area is 185 Å². The van der Waals surface area contributed by atoms with Crippen LogP contribution in [0.25, 0.3) is 6.08 Å². The first-order valence-corrected chi connectivity index (χ1v) is 9.75. The average Bonchev–Trinajstić information content (AvgIpc) is 2.80. The van der Waals surface area contributed by atoms with Crippen LogP contribution in [0.5, 0.6) is 23.0 Å². The molecule has 2 aromatic carbocycles. The largest absolute Gasteiger partial charge is 0.493 e. The van der Waals surface area contributed by atoms with Crippen LogP contribution < -0.4 is 19.5 Å². The zero-order chi connectivity index (χ0) is 22.8. The van der Waals surface area contributed by atoms with E-state index in [2.05, 4.69) is 10.3 Å². The molecule has 3 aromatic rings. The second-order valence-electron chi connectivity index (χ2n) is 6.51. The molecule has 0 aliphatic rings. The first-order chi connectivity index (χ1) is 15.6. The first-order valence-electron chi connectivity index (χ1n) is 9.75. The Balaban J connectivity index is 1.62. The lowest BCUT2D eigenvalue weighted by atomic mass is 10.2. The number of amides is 1. The molecule has 1 aromatic heterocycles. The highest BCUT2D eigenvalue weighted by Crippen LogP contribution is 2.30. The molecule has 32 heavy (non-hydrogen) atoms. The first kappa shape index (κ1) is 22.8. The van der Waals surface area contributed by atoms with Crippen LogP contribution in [0.3, 0.4) is 0 Å². The number of ether oxygens (including phenoxy) is 4. The third-order valence-electron chi connectivity index (χ3n) is 4.22. The standard InChI is InChI=1S/C24H23FN2O5/c1-29-12-13-31-23-15-18(7-9-22(23)30-2)27-24(28)10-6-17-5-8-21(20(25)14-17)32-19-4-3-11-26-16-19/h3-11,14-16H,12-13H2,1-2H3,(H,27,28)/b10-6+. The molecule has 0 saturated heterocycles. The van der Waals surface area contributed by atoms with Crippen LogP contribution in [-0.4, -0.2) is 38.3 Å². The summed E-state index contributed by atoms with van der Waals surface area (Å²) < 4.78 is 35.6. The molecule has 1 amide bonds. The summed E-state index contributed by atoms with van der Waals surface area (Å²) in [4.78, 5) is 16.2. The predicted molar refractivity (Wildman–Crippen MR) is 119 cm³/mol. The van der Waals surface area contributed by atoms with Crippen LogP contribution >= 0.6 is 0 Å². The number of pyridine rings is 1. The van der Waals surface area contributed by atoms with Crippen molar-refractivity contribution in [2.45, 2.75) is 0 Å². The van der Waals surface area contributed by atoms with E-state index < -0.39 is 5.82 Å². The van der Waals surface area contributed by atoms with Crippen LogP contribution in [0.1, 0.15) is 5.56 Å². The Bertz CT molecular complexity index is 1070. The minimum Gasteiger partial charge on any atom is -0.493 e. The van der Waals surface area contributed by atoms with Crippen LogP contribution in [0.15, 0.2) is 67.0 Å². The molecule has 0 unspecified atom stereocenters. The topological polar surface area (TPSA) is 78.9 Å². The summed E-state index contributed by atoms with van der Waals surface area (Å²) >= 11 is 0. The van der Waals surface area contributed by atoms with E-state index in [-0.39, 0.29) is 11.7 Å². The number of carbonyl (C=O) groups excluding carboxylic acids is 1. The van der Waals surface area contributed by atoms with E-state index in [0.29, 0.717) is 41.7 Å². The summed E-state index contributed by atoms with van der Waals surface area (Å²) in [5.74, 6) is 0.591. The molecule has 0 aliphatic heterocycles. The molecule has 3 rings (SSSR count). The van der Waals surface area contributed by atoms with Crippen molar-refractivity contribution in [1.29, 1.82) is 0 Å². The molecule has 1 N–H and O–H groups in total. The summed E-state index contributed by atoms with van der Waals surface area (Å²) in [7, 11) is 3.11. The number of nitrogens with zero attached hydrogens (tertiary/aromatic N) is 1. The Morgan fingerprint density at radius 2 is 1.91 bits per heavy atom. The minimum atomic E-state index is -0.551. The molecule has 0 fully saturated rings. The molecule has 0 spiro atoms. The van der Waals surface area contributed by atoms with Gasteiger partial charge in [0.15, 0.2) is 23.1 Å². The predicted octanol–water partition coefficient (Wildman–Crippen LogP) is 4.70. The lowest BCUT2D eigenvalue weighted by Crippen LogP contribution is -2.09. The highest BCUT2D eigenvalue weighted by molar-refractivity contribution is 6.02. The molecule has 0 bridgehead atoms. The van der Waals surface area contributed by atoms with Gasteiger partial charge < -0.3 is 24.3 Å². The molecule has 1 heterocycles. The van der Waals surface area contributed by atoms with Crippen molar-refractivity contribution in [3.05, 3.63) is 78.4 Å². The van der Waals surface area contributed by atoms with E-state index >= 15 is 0 Å². The third kappa shape index (κ3) is 6.55. The number of rotatable bonds is 10. The number of hydrogen-bond acceptors (Lipinski definition) is 6.